The van der Waals surface area contributed by atoms with Crippen LogP contribution in [0.3, 0.4) is 0 Å². The molecule has 0 spiro atoms. The molecule has 0 aliphatic rings. The van der Waals surface area contributed by atoms with Gasteiger partial charge in [0.2, 0.25) is 0 Å². The summed E-state index contributed by atoms with van der Waals surface area (Å²) in [7, 11) is 0. The van der Waals surface area contributed by atoms with Crippen LogP contribution in [0.5, 0.6) is 0 Å². The molecule has 18 heavy (non-hydrogen) atoms. The van der Waals surface area contributed by atoms with Crippen molar-refractivity contribution in [2.45, 2.75) is 13.3 Å². The van der Waals surface area contributed by atoms with Crippen LogP contribution in [-0.2, 0) is 6.42 Å². The highest BCUT2D eigenvalue weighted by Crippen LogP contribution is 2.08. The summed E-state index contributed by atoms with van der Waals surface area (Å²) >= 11 is 0. The summed E-state index contributed by atoms with van der Waals surface area (Å²) in [6.07, 6.45) is 2.59. The molecule has 92 valence electrons. The van der Waals surface area contributed by atoms with Gasteiger partial charge >= 0.3 is 0 Å². The number of amides is 1. The third kappa shape index (κ3) is 3.07. The number of aryl methyl sites for hydroxylation is 1. The number of carbonyl (C=O) groups is 1. The second kappa shape index (κ2) is 5.82. The molecule has 0 aliphatic heterocycles. The fraction of sp³-hybridized carbons (Fsp3) is 0.143. The van der Waals surface area contributed by atoms with Gasteiger partial charge in [-0.05, 0) is 36.2 Å². The van der Waals surface area contributed by atoms with Crippen molar-refractivity contribution in [1.29, 1.82) is 0 Å². The minimum Gasteiger partial charge on any atom is -0.298 e. The maximum atomic E-state index is 11.7. The smallest absolute Gasteiger partial charge is 0.288 e. The monoisotopic (exact) mass is 241 g/mol. The molecule has 4 nitrogen and oxygen atoms in total. The zero-order chi connectivity index (χ0) is 12.8. The summed E-state index contributed by atoms with van der Waals surface area (Å²) in [5.74, 6) is -0.254. The molecule has 1 aromatic heterocycles. The lowest BCUT2D eigenvalue weighted by Gasteiger charge is -2.08. The van der Waals surface area contributed by atoms with Crippen molar-refractivity contribution in [3.63, 3.8) is 0 Å². The molecule has 0 fully saturated rings. The zero-order valence-corrected chi connectivity index (χ0v) is 10.2. The lowest BCUT2D eigenvalue weighted by atomic mass is 10.2. The largest absolute Gasteiger partial charge is 0.298 e. The summed E-state index contributed by atoms with van der Waals surface area (Å²) < 4.78 is 0. The maximum absolute atomic E-state index is 11.7. The Morgan fingerprint density at radius 1 is 1.17 bits per heavy atom. The zero-order valence-electron chi connectivity index (χ0n) is 10.2. The van der Waals surface area contributed by atoms with Crippen LogP contribution in [0.25, 0.3) is 0 Å². The Balaban J connectivity index is 1.93. The molecule has 2 rings (SSSR count). The molecule has 0 bridgehead atoms. The van der Waals surface area contributed by atoms with E-state index in [1.165, 1.54) is 5.56 Å². The number of hydrogen-bond donors (Lipinski definition) is 2. The number of benzene rings is 1. The van der Waals surface area contributed by atoms with Gasteiger partial charge in [0.25, 0.3) is 5.91 Å². The summed E-state index contributed by atoms with van der Waals surface area (Å²) in [5, 5.41) is 0. The van der Waals surface area contributed by atoms with Crippen LogP contribution < -0.4 is 10.9 Å². The average Bonchev–Trinajstić information content (AvgIpc) is 2.46. The Labute approximate surface area is 106 Å². The quantitative estimate of drug-likeness (QED) is 0.808. The summed E-state index contributed by atoms with van der Waals surface area (Å²) in [4.78, 5) is 15.7. The van der Waals surface area contributed by atoms with Gasteiger partial charge in [0.05, 0.1) is 5.69 Å². The van der Waals surface area contributed by atoms with E-state index in [1.807, 2.05) is 24.3 Å². The van der Waals surface area contributed by atoms with Crippen molar-refractivity contribution >= 4 is 11.6 Å². The van der Waals surface area contributed by atoms with Crippen molar-refractivity contribution in [3.05, 3.63) is 59.9 Å². The van der Waals surface area contributed by atoms with Gasteiger partial charge in [-0.3, -0.25) is 20.6 Å². The SMILES string of the molecule is CCc1ccc(NNC(=O)c2ccccn2)cc1. The van der Waals surface area contributed by atoms with Gasteiger partial charge in [0, 0.05) is 6.20 Å². The number of anilines is 1. The van der Waals surface area contributed by atoms with Crippen molar-refractivity contribution in [3.8, 4) is 0 Å². The Bertz CT molecular complexity index is 508. The molecule has 0 aliphatic carbocycles. The predicted octanol–water partition coefficient (Wildman–Crippen LogP) is 2.40. The molecule has 4 heteroatoms. The highest BCUT2D eigenvalue weighted by molar-refractivity contribution is 5.92. The number of pyridine rings is 1. The van der Waals surface area contributed by atoms with Crippen molar-refractivity contribution in [2.75, 3.05) is 5.43 Å². The van der Waals surface area contributed by atoms with E-state index in [-0.39, 0.29) is 5.91 Å². The van der Waals surface area contributed by atoms with Crippen LogP contribution in [0.1, 0.15) is 23.0 Å². The van der Waals surface area contributed by atoms with Crippen molar-refractivity contribution in [2.24, 2.45) is 0 Å². The number of rotatable bonds is 4. The molecule has 1 heterocycles. The Hall–Kier alpha value is -2.36. The van der Waals surface area contributed by atoms with Crippen molar-refractivity contribution in [1.82, 2.24) is 10.4 Å². The molecular weight excluding hydrogens is 226 g/mol. The van der Waals surface area contributed by atoms with E-state index in [0.29, 0.717) is 5.69 Å². The number of carbonyl (C=O) groups excluding carboxylic acids is 1. The van der Waals surface area contributed by atoms with E-state index < -0.39 is 0 Å². The fourth-order valence-corrected chi connectivity index (χ4v) is 1.51. The van der Waals surface area contributed by atoms with Gasteiger partial charge in [-0.15, -0.1) is 0 Å². The highest BCUT2D eigenvalue weighted by Gasteiger charge is 2.04. The predicted molar refractivity (Wildman–Crippen MR) is 71.1 cm³/mol. The number of aromatic nitrogens is 1. The van der Waals surface area contributed by atoms with E-state index in [1.54, 1.807) is 24.4 Å². The molecule has 1 amide bonds. The van der Waals surface area contributed by atoms with E-state index in [2.05, 4.69) is 22.8 Å². The molecule has 1 aromatic carbocycles. The first kappa shape index (κ1) is 12.1. The molecule has 0 atom stereocenters. The normalized spacial score (nSPS) is 9.83. The summed E-state index contributed by atoms with van der Waals surface area (Å²) in [5.41, 5.74) is 7.95. The fourth-order valence-electron chi connectivity index (χ4n) is 1.51. The molecule has 0 unspecified atom stereocenters. The topological polar surface area (TPSA) is 54.0 Å². The minimum atomic E-state index is -0.254. The summed E-state index contributed by atoms with van der Waals surface area (Å²) in [6, 6.07) is 13.1. The van der Waals surface area contributed by atoms with E-state index >= 15 is 0 Å². The number of nitrogens with one attached hydrogen (secondary N) is 2. The van der Waals surface area contributed by atoms with Crippen LogP contribution in [0, 0.1) is 0 Å². The van der Waals surface area contributed by atoms with Gasteiger partial charge in [0.15, 0.2) is 0 Å². The lowest BCUT2D eigenvalue weighted by Crippen LogP contribution is -2.29. The van der Waals surface area contributed by atoms with Crippen LogP contribution in [-0.4, -0.2) is 10.9 Å². The third-order valence-corrected chi connectivity index (χ3v) is 2.58. The molecule has 2 aromatic rings. The number of nitrogens with zero attached hydrogens (tertiary/aromatic N) is 1. The van der Waals surface area contributed by atoms with Gasteiger partial charge in [-0.25, -0.2) is 0 Å². The second-order valence-electron chi connectivity index (χ2n) is 3.84. The number of hydrogen-bond acceptors (Lipinski definition) is 3. The molecule has 0 saturated carbocycles. The van der Waals surface area contributed by atoms with E-state index in [9.17, 15) is 4.79 Å². The van der Waals surface area contributed by atoms with E-state index in [0.717, 1.165) is 12.1 Å². The molecular formula is C14H15N3O. The summed E-state index contributed by atoms with van der Waals surface area (Å²) in [6.45, 7) is 2.10. The first-order valence-electron chi connectivity index (χ1n) is 5.86. The highest BCUT2D eigenvalue weighted by atomic mass is 16.2. The Kier molecular flexibility index (Phi) is 3.91. The van der Waals surface area contributed by atoms with Crippen LogP contribution in [0.2, 0.25) is 0 Å². The van der Waals surface area contributed by atoms with Crippen LogP contribution in [0.4, 0.5) is 5.69 Å². The average molecular weight is 241 g/mol. The van der Waals surface area contributed by atoms with Crippen LogP contribution in [0.15, 0.2) is 48.7 Å². The van der Waals surface area contributed by atoms with Gasteiger partial charge in [-0.2, -0.15) is 0 Å². The third-order valence-electron chi connectivity index (χ3n) is 2.58. The van der Waals surface area contributed by atoms with Gasteiger partial charge in [-0.1, -0.05) is 25.1 Å². The standard InChI is InChI=1S/C14H15N3O/c1-2-11-6-8-12(9-7-11)16-17-14(18)13-5-3-4-10-15-13/h3-10,16H,2H2,1H3,(H,17,18). The first-order valence-corrected chi connectivity index (χ1v) is 5.86. The van der Waals surface area contributed by atoms with Crippen molar-refractivity contribution < 1.29 is 4.79 Å². The Morgan fingerprint density at radius 3 is 2.56 bits per heavy atom. The van der Waals surface area contributed by atoms with Gasteiger partial charge in [0.1, 0.15) is 5.69 Å². The van der Waals surface area contributed by atoms with Crippen LogP contribution >= 0.6 is 0 Å². The molecule has 2 N–H and O–H groups in total. The minimum absolute atomic E-state index is 0.254. The second-order valence-corrected chi connectivity index (χ2v) is 3.84. The molecule has 0 saturated heterocycles. The van der Waals surface area contributed by atoms with E-state index in [4.69, 9.17) is 0 Å². The maximum Gasteiger partial charge on any atom is 0.288 e. The molecule has 0 radical (unpaired) electrons. The lowest BCUT2D eigenvalue weighted by molar-refractivity contribution is 0.0958. The number of hydrazine groups is 1. The van der Waals surface area contributed by atoms with Gasteiger partial charge < -0.3 is 0 Å². The Morgan fingerprint density at radius 2 is 1.94 bits per heavy atom. The first-order chi connectivity index (χ1) is 8.79.